The maximum atomic E-state index is 12.3. The minimum atomic E-state index is -3.77. The smallest absolute Gasteiger partial charge is 0.297 e. The second-order valence-electron chi connectivity index (χ2n) is 5.25. The molecule has 0 spiro atoms. The Morgan fingerprint density at radius 2 is 2.05 bits per heavy atom. The average molecular weight is 298 g/mol. The molecule has 20 heavy (non-hydrogen) atoms. The standard InChI is InChI=1S/C14H18O5S/c1-3-11(13-14-12(18-14)8-17-13)19-20(15,16)10-6-4-9(2)5-7-10/h4-7,11-14H,3,8H2,1-2H3/t11-,12+,13-,14+/m1/s1. The zero-order valence-electron chi connectivity index (χ0n) is 11.5. The molecule has 2 aliphatic rings. The van der Waals surface area contributed by atoms with Gasteiger partial charge in [-0.3, -0.25) is 4.18 Å². The Labute approximate surface area is 119 Å². The minimum absolute atomic E-state index is 0.00633. The van der Waals surface area contributed by atoms with Crippen molar-refractivity contribution in [2.45, 2.75) is 49.6 Å². The molecule has 0 amide bonds. The van der Waals surface area contributed by atoms with Gasteiger partial charge in [0, 0.05) is 0 Å². The highest BCUT2D eigenvalue weighted by molar-refractivity contribution is 7.86. The molecule has 0 saturated carbocycles. The van der Waals surface area contributed by atoms with Gasteiger partial charge < -0.3 is 9.47 Å². The van der Waals surface area contributed by atoms with Crippen LogP contribution in [0.2, 0.25) is 0 Å². The van der Waals surface area contributed by atoms with Crippen LogP contribution in [-0.4, -0.2) is 39.4 Å². The molecule has 1 aromatic rings. The number of ether oxygens (including phenoxy) is 2. The van der Waals surface area contributed by atoms with E-state index in [-0.39, 0.29) is 23.2 Å². The first-order valence-electron chi connectivity index (χ1n) is 6.78. The van der Waals surface area contributed by atoms with Gasteiger partial charge in [-0.1, -0.05) is 24.6 Å². The SMILES string of the molecule is CC[C@@H](OS(=O)(=O)c1ccc(C)cc1)[C@H]1OC[C@@H]2O[C@H]12. The summed E-state index contributed by atoms with van der Waals surface area (Å²) in [6.45, 7) is 4.32. The molecule has 0 N–H and O–H groups in total. The number of epoxide rings is 1. The molecular weight excluding hydrogens is 280 g/mol. The van der Waals surface area contributed by atoms with Gasteiger partial charge >= 0.3 is 0 Å². The molecule has 6 heteroatoms. The van der Waals surface area contributed by atoms with Crippen molar-refractivity contribution in [1.82, 2.24) is 0 Å². The Bertz CT molecular complexity index is 580. The van der Waals surface area contributed by atoms with Crippen LogP contribution in [0.25, 0.3) is 0 Å². The summed E-state index contributed by atoms with van der Waals surface area (Å²) in [5, 5.41) is 0. The largest absolute Gasteiger partial charge is 0.370 e. The quantitative estimate of drug-likeness (QED) is 0.611. The Kier molecular flexibility index (Phi) is 3.58. The third kappa shape index (κ3) is 2.61. The van der Waals surface area contributed by atoms with Crippen molar-refractivity contribution >= 4 is 10.1 Å². The number of benzene rings is 1. The molecule has 4 atom stereocenters. The van der Waals surface area contributed by atoms with Crippen molar-refractivity contribution in [3.63, 3.8) is 0 Å². The van der Waals surface area contributed by atoms with Crippen molar-refractivity contribution in [2.75, 3.05) is 6.61 Å². The molecule has 5 nitrogen and oxygen atoms in total. The van der Waals surface area contributed by atoms with Gasteiger partial charge in [0.25, 0.3) is 10.1 Å². The molecule has 2 aliphatic heterocycles. The second kappa shape index (κ2) is 5.11. The summed E-state index contributed by atoms with van der Waals surface area (Å²) in [4.78, 5) is 0.174. The predicted molar refractivity (Wildman–Crippen MR) is 71.9 cm³/mol. The normalized spacial score (nSPS) is 30.0. The Balaban J connectivity index is 1.75. The van der Waals surface area contributed by atoms with Crippen molar-refractivity contribution in [2.24, 2.45) is 0 Å². The van der Waals surface area contributed by atoms with Crippen LogP contribution in [-0.2, 0) is 23.8 Å². The van der Waals surface area contributed by atoms with Crippen molar-refractivity contribution in [1.29, 1.82) is 0 Å². The van der Waals surface area contributed by atoms with E-state index in [0.717, 1.165) is 5.56 Å². The van der Waals surface area contributed by atoms with Gasteiger partial charge in [0.1, 0.15) is 24.4 Å². The van der Waals surface area contributed by atoms with Crippen LogP contribution in [0.4, 0.5) is 0 Å². The van der Waals surface area contributed by atoms with Crippen molar-refractivity contribution in [3.05, 3.63) is 29.8 Å². The fourth-order valence-corrected chi connectivity index (χ4v) is 3.63. The van der Waals surface area contributed by atoms with Crippen LogP contribution in [0.5, 0.6) is 0 Å². The lowest BCUT2D eigenvalue weighted by Gasteiger charge is -2.22. The molecule has 1 aromatic carbocycles. The van der Waals surface area contributed by atoms with Gasteiger partial charge in [0.2, 0.25) is 0 Å². The number of hydrogen-bond donors (Lipinski definition) is 0. The van der Waals surface area contributed by atoms with Crippen molar-refractivity contribution in [3.8, 4) is 0 Å². The Morgan fingerprint density at radius 1 is 1.35 bits per heavy atom. The molecule has 3 rings (SSSR count). The highest BCUT2D eigenvalue weighted by atomic mass is 32.2. The van der Waals surface area contributed by atoms with Gasteiger partial charge in [-0.25, -0.2) is 0 Å². The van der Waals surface area contributed by atoms with Crippen LogP contribution < -0.4 is 0 Å². The lowest BCUT2D eigenvalue weighted by Crippen LogP contribution is -2.34. The van der Waals surface area contributed by atoms with Gasteiger partial charge in [-0.2, -0.15) is 8.42 Å². The van der Waals surface area contributed by atoms with Crippen LogP contribution in [0.3, 0.4) is 0 Å². The summed E-state index contributed by atoms with van der Waals surface area (Å²) in [7, 11) is -3.77. The van der Waals surface area contributed by atoms with Gasteiger partial charge in [0.05, 0.1) is 11.5 Å². The lowest BCUT2D eigenvalue weighted by atomic mass is 10.1. The topological polar surface area (TPSA) is 65.1 Å². The summed E-state index contributed by atoms with van der Waals surface area (Å²) in [6, 6.07) is 6.62. The fraction of sp³-hybridized carbons (Fsp3) is 0.571. The van der Waals surface area contributed by atoms with Crippen LogP contribution in [0.15, 0.2) is 29.2 Å². The zero-order chi connectivity index (χ0) is 14.3. The van der Waals surface area contributed by atoms with Gasteiger partial charge in [0.15, 0.2) is 0 Å². The number of aryl methyl sites for hydroxylation is 1. The summed E-state index contributed by atoms with van der Waals surface area (Å²) in [5.74, 6) is 0. The Hall–Kier alpha value is -0.950. The average Bonchev–Trinajstić information content (AvgIpc) is 3.08. The van der Waals surface area contributed by atoms with Crippen LogP contribution >= 0.6 is 0 Å². The highest BCUT2D eigenvalue weighted by Crippen LogP contribution is 2.38. The van der Waals surface area contributed by atoms with E-state index in [4.69, 9.17) is 13.7 Å². The molecule has 2 heterocycles. The first kappa shape index (κ1) is 14.0. The second-order valence-corrected chi connectivity index (χ2v) is 6.82. The fourth-order valence-electron chi connectivity index (χ4n) is 2.48. The number of hydrogen-bond acceptors (Lipinski definition) is 5. The number of fused-ring (bicyclic) bond motifs is 1. The van der Waals surface area contributed by atoms with E-state index >= 15 is 0 Å². The highest BCUT2D eigenvalue weighted by Gasteiger charge is 2.55. The molecule has 0 bridgehead atoms. The monoisotopic (exact) mass is 298 g/mol. The maximum absolute atomic E-state index is 12.3. The Morgan fingerprint density at radius 3 is 2.55 bits per heavy atom. The van der Waals surface area contributed by atoms with E-state index in [0.29, 0.717) is 13.0 Å². The molecule has 2 fully saturated rings. The van der Waals surface area contributed by atoms with E-state index < -0.39 is 16.2 Å². The summed E-state index contributed by atoms with van der Waals surface area (Å²) < 4.78 is 40.8. The van der Waals surface area contributed by atoms with E-state index in [1.165, 1.54) is 0 Å². The first-order chi connectivity index (χ1) is 9.51. The predicted octanol–water partition coefficient (Wildman–Crippen LogP) is 1.65. The molecule has 0 aliphatic carbocycles. The molecule has 0 radical (unpaired) electrons. The summed E-state index contributed by atoms with van der Waals surface area (Å²) in [5.41, 5.74) is 1.00. The molecule has 0 aromatic heterocycles. The molecule has 110 valence electrons. The van der Waals surface area contributed by atoms with E-state index in [1.807, 2.05) is 13.8 Å². The van der Waals surface area contributed by atoms with E-state index in [2.05, 4.69) is 0 Å². The van der Waals surface area contributed by atoms with Gasteiger partial charge in [-0.05, 0) is 25.5 Å². The minimum Gasteiger partial charge on any atom is -0.370 e. The van der Waals surface area contributed by atoms with E-state index in [1.54, 1.807) is 24.3 Å². The third-order valence-electron chi connectivity index (χ3n) is 3.73. The molecular formula is C14H18O5S. The molecule has 0 unspecified atom stereocenters. The third-order valence-corrected chi connectivity index (χ3v) is 5.08. The maximum Gasteiger partial charge on any atom is 0.297 e. The lowest BCUT2D eigenvalue weighted by molar-refractivity contribution is -0.0365. The van der Waals surface area contributed by atoms with E-state index in [9.17, 15) is 8.42 Å². The molecule has 2 saturated heterocycles. The van der Waals surface area contributed by atoms with Gasteiger partial charge in [-0.15, -0.1) is 0 Å². The van der Waals surface area contributed by atoms with Crippen LogP contribution in [0, 0.1) is 6.92 Å². The summed E-state index contributed by atoms with van der Waals surface area (Å²) in [6.07, 6.45) is -0.112. The number of rotatable bonds is 5. The zero-order valence-corrected chi connectivity index (χ0v) is 12.3. The van der Waals surface area contributed by atoms with Crippen LogP contribution in [0.1, 0.15) is 18.9 Å². The summed E-state index contributed by atoms with van der Waals surface area (Å²) >= 11 is 0. The first-order valence-corrected chi connectivity index (χ1v) is 8.19. The van der Waals surface area contributed by atoms with Crippen molar-refractivity contribution < 1.29 is 22.1 Å².